The van der Waals surface area contributed by atoms with Gasteiger partial charge in [0, 0.05) is 18.2 Å². The van der Waals surface area contributed by atoms with Crippen molar-refractivity contribution < 1.29 is 4.39 Å². The molecular formula is C23H30Cl2FN3. The molecule has 1 aromatic heterocycles. The molecule has 0 unspecified atom stereocenters. The molecule has 0 amide bonds. The van der Waals surface area contributed by atoms with Gasteiger partial charge in [-0.15, -0.1) is 24.8 Å². The predicted octanol–water partition coefficient (Wildman–Crippen LogP) is 6.58. The fourth-order valence-corrected chi connectivity index (χ4v) is 4.13. The van der Waals surface area contributed by atoms with Crippen LogP contribution in [0.2, 0.25) is 0 Å². The molecule has 0 saturated heterocycles. The van der Waals surface area contributed by atoms with Crippen molar-refractivity contribution in [3.05, 3.63) is 53.6 Å². The summed E-state index contributed by atoms with van der Waals surface area (Å²) in [4.78, 5) is 7.40. The molecule has 0 spiro atoms. The molecule has 0 atom stereocenters. The molecule has 2 N–H and O–H groups in total. The van der Waals surface area contributed by atoms with Gasteiger partial charge >= 0.3 is 0 Å². The number of nitrogens with one attached hydrogen (secondary N) is 2. The highest BCUT2D eigenvalue weighted by atomic mass is 35.5. The molecule has 3 aromatic rings. The molecule has 1 saturated carbocycles. The van der Waals surface area contributed by atoms with Gasteiger partial charge in [0.05, 0.1) is 17.4 Å². The molecule has 0 aliphatic heterocycles. The van der Waals surface area contributed by atoms with Gasteiger partial charge in [-0.1, -0.05) is 26.0 Å². The zero-order chi connectivity index (χ0) is 19.0. The number of hydrogen-bond donors (Lipinski definition) is 2. The van der Waals surface area contributed by atoms with E-state index in [4.69, 9.17) is 0 Å². The summed E-state index contributed by atoms with van der Waals surface area (Å²) in [5, 5.41) is 3.61. The lowest BCUT2D eigenvalue weighted by molar-refractivity contribution is 0.206. The molecule has 3 nitrogen and oxygen atoms in total. The van der Waals surface area contributed by atoms with Crippen LogP contribution in [0.25, 0.3) is 22.2 Å². The number of H-pyrrole nitrogens is 1. The van der Waals surface area contributed by atoms with E-state index in [1.165, 1.54) is 25.7 Å². The number of aromatic amines is 1. The number of aromatic nitrogens is 2. The second-order valence-corrected chi connectivity index (χ2v) is 8.72. The van der Waals surface area contributed by atoms with E-state index >= 15 is 0 Å². The van der Waals surface area contributed by atoms with Crippen molar-refractivity contribution in [3.8, 4) is 11.1 Å². The quantitative estimate of drug-likeness (QED) is 0.483. The lowest BCUT2D eigenvalue weighted by atomic mass is 9.75. The first-order valence-corrected chi connectivity index (χ1v) is 9.87. The Morgan fingerprint density at radius 2 is 1.83 bits per heavy atom. The van der Waals surface area contributed by atoms with Crippen molar-refractivity contribution in [2.24, 2.45) is 5.41 Å². The third-order valence-electron chi connectivity index (χ3n) is 6.02. The van der Waals surface area contributed by atoms with Crippen LogP contribution in [0.3, 0.4) is 0 Å². The summed E-state index contributed by atoms with van der Waals surface area (Å²) in [6, 6.07) is 10.1. The topological polar surface area (TPSA) is 40.7 Å². The molecule has 6 heteroatoms. The molecule has 1 fully saturated rings. The first kappa shape index (κ1) is 23.7. The monoisotopic (exact) mass is 437 g/mol. The van der Waals surface area contributed by atoms with Crippen molar-refractivity contribution >= 4 is 35.8 Å². The maximum Gasteiger partial charge on any atom is 0.131 e. The van der Waals surface area contributed by atoms with Gasteiger partial charge in [-0.25, -0.2) is 9.37 Å². The van der Waals surface area contributed by atoms with E-state index in [1.54, 1.807) is 12.4 Å². The van der Waals surface area contributed by atoms with Gasteiger partial charge in [0.15, 0.2) is 0 Å². The van der Waals surface area contributed by atoms with E-state index < -0.39 is 0 Å². The Hall–Kier alpha value is -1.62. The summed E-state index contributed by atoms with van der Waals surface area (Å²) < 4.78 is 14.9. The number of halogens is 3. The summed E-state index contributed by atoms with van der Waals surface area (Å²) in [6.07, 6.45) is 6.60. The Bertz CT molecular complexity index is 958. The Labute approximate surface area is 184 Å². The normalized spacial score (nSPS) is 16.3. The highest BCUT2D eigenvalue weighted by Gasteiger charge is 2.26. The van der Waals surface area contributed by atoms with E-state index in [-0.39, 0.29) is 30.6 Å². The number of aryl methyl sites for hydroxylation is 1. The predicted molar refractivity (Wildman–Crippen MR) is 124 cm³/mol. The van der Waals surface area contributed by atoms with Crippen LogP contribution < -0.4 is 5.32 Å². The van der Waals surface area contributed by atoms with Crippen LogP contribution in [0.15, 0.2) is 36.7 Å². The third kappa shape index (κ3) is 5.30. The van der Waals surface area contributed by atoms with E-state index in [9.17, 15) is 4.39 Å². The minimum absolute atomic E-state index is 0. The molecular weight excluding hydrogens is 408 g/mol. The SMILES string of the molecule is Cc1cc2[nH]cnc2cc1-c1ccc(CNC2CCC(C)(C)CC2)cc1F.Cl.Cl. The number of hydrogen-bond acceptors (Lipinski definition) is 2. The first-order chi connectivity index (χ1) is 12.9. The van der Waals surface area contributed by atoms with E-state index in [1.807, 2.05) is 31.2 Å². The van der Waals surface area contributed by atoms with E-state index in [2.05, 4.69) is 29.1 Å². The van der Waals surface area contributed by atoms with Gasteiger partial charge in [-0.2, -0.15) is 0 Å². The first-order valence-electron chi connectivity index (χ1n) is 9.87. The van der Waals surface area contributed by atoms with Crippen molar-refractivity contribution in [3.63, 3.8) is 0 Å². The second-order valence-electron chi connectivity index (χ2n) is 8.72. The lowest BCUT2D eigenvalue weighted by Gasteiger charge is -2.34. The maximum atomic E-state index is 14.9. The van der Waals surface area contributed by atoms with Crippen LogP contribution in [0.1, 0.15) is 50.7 Å². The van der Waals surface area contributed by atoms with Crippen LogP contribution in [0.4, 0.5) is 4.39 Å². The highest BCUT2D eigenvalue weighted by Crippen LogP contribution is 2.35. The largest absolute Gasteiger partial charge is 0.345 e. The Morgan fingerprint density at radius 3 is 2.52 bits per heavy atom. The molecule has 1 aliphatic carbocycles. The average Bonchev–Trinajstić information content (AvgIpc) is 3.07. The van der Waals surface area contributed by atoms with Crippen molar-refractivity contribution in [2.75, 3.05) is 0 Å². The van der Waals surface area contributed by atoms with E-state index in [0.29, 0.717) is 17.0 Å². The summed E-state index contributed by atoms with van der Waals surface area (Å²) in [5.41, 5.74) is 5.90. The Kier molecular flexibility index (Phi) is 7.72. The van der Waals surface area contributed by atoms with Crippen molar-refractivity contribution in [1.29, 1.82) is 0 Å². The fourth-order valence-electron chi connectivity index (χ4n) is 4.13. The van der Waals surface area contributed by atoms with Crippen molar-refractivity contribution in [2.45, 2.75) is 59.0 Å². The molecule has 0 radical (unpaired) electrons. The summed E-state index contributed by atoms with van der Waals surface area (Å²) in [6.45, 7) is 7.42. The van der Waals surface area contributed by atoms with Crippen LogP contribution in [0, 0.1) is 18.2 Å². The van der Waals surface area contributed by atoms with Crippen LogP contribution in [-0.2, 0) is 6.54 Å². The fraction of sp³-hybridized carbons (Fsp3) is 0.435. The standard InChI is InChI=1S/C23H28FN3.2ClH/c1-15-10-21-22(27-14-26-21)12-19(15)18-5-4-16(11-20(18)24)13-25-17-6-8-23(2,3)9-7-17;;/h4-5,10-12,14,17,25H,6-9,13H2,1-3H3,(H,26,27);2*1H. The molecule has 2 aromatic carbocycles. The minimum Gasteiger partial charge on any atom is -0.345 e. The maximum absolute atomic E-state index is 14.9. The third-order valence-corrected chi connectivity index (χ3v) is 6.02. The van der Waals surface area contributed by atoms with Gasteiger partial charge in [-0.05, 0) is 72.9 Å². The molecule has 1 heterocycles. The molecule has 4 rings (SSSR count). The smallest absolute Gasteiger partial charge is 0.131 e. The number of rotatable bonds is 4. The lowest BCUT2D eigenvalue weighted by Crippen LogP contribution is -2.35. The van der Waals surface area contributed by atoms with Gasteiger partial charge in [0.2, 0.25) is 0 Å². The van der Waals surface area contributed by atoms with Gasteiger partial charge < -0.3 is 10.3 Å². The Morgan fingerprint density at radius 1 is 1.10 bits per heavy atom. The van der Waals surface area contributed by atoms with Gasteiger partial charge in [-0.3, -0.25) is 0 Å². The highest BCUT2D eigenvalue weighted by molar-refractivity contribution is 5.86. The van der Waals surface area contributed by atoms with Crippen LogP contribution >= 0.6 is 24.8 Å². The summed E-state index contributed by atoms with van der Waals surface area (Å²) in [5.74, 6) is -0.169. The van der Waals surface area contributed by atoms with Gasteiger partial charge in [0.1, 0.15) is 5.82 Å². The zero-order valence-corrected chi connectivity index (χ0v) is 18.9. The van der Waals surface area contributed by atoms with Crippen LogP contribution in [0.5, 0.6) is 0 Å². The number of imidazole rings is 1. The minimum atomic E-state index is -0.169. The Balaban J connectivity index is 0.00000150. The number of benzene rings is 2. The average molecular weight is 438 g/mol. The molecule has 1 aliphatic rings. The zero-order valence-electron chi connectivity index (χ0n) is 17.2. The molecule has 158 valence electrons. The summed E-state index contributed by atoms with van der Waals surface area (Å²) in [7, 11) is 0. The summed E-state index contributed by atoms with van der Waals surface area (Å²) >= 11 is 0. The number of fused-ring (bicyclic) bond motifs is 1. The van der Waals surface area contributed by atoms with Crippen molar-refractivity contribution in [1.82, 2.24) is 15.3 Å². The molecule has 0 bridgehead atoms. The molecule has 29 heavy (non-hydrogen) atoms. The second kappa shape index (κ2) is 9.46. The van der Waals surface area contributed by atoms with Gasteiger partial charge in [0.25, 0.3) is 0 Å². The van der Waals surface area contributed by atoms with Crippen LogP contribution in [-0.4, -0.2) is 16.0 Å². The van der Waals surface area contributed by atoms with E-state index in [0.717, 1.165) is 34.3 Å². The number of nitrogens with zero attached hydrogens (tertiary/aromatic N) is 1.